The summed E-state index contributed by atoms with van der Waals surface area (Å²) in [5.74, 6) is 3.58. The van der Waals surface area contributed by atoms with E-state index in [-0.39, 0.29) is 23.3 Å². The van der Waals surface area contributed by atoms with Crippen molar-refractivity contribution in [1.29, 1.82) is 0 Å². The SMILES string of the molecule is C#CC(CC)(CC)NC(=O)CSC1=N/C(=C\c2ccc(OC)cc2)C(=O)N1c1cccc(OC)c1. The quantitative estimate of drug-likeness (QED) is 0.413. The fourth-order valence-corrected chi connectivity index (χ4v) is 4.34. The van der Waals surface area contributed by atoms with Crippen LogP contribution in [0.3, 0.4) is 0 Å². The van der Waals surface area contributed by atoms with Crippen LogP contribution in [0.4, 0.5) is 5.69 Å². The molecule has 3 rings (SSSR count). The molecule has 1 aliphatic rings. The number of amidine groups is 1. The minimum absolute atomic E-state index is 0.0613. The van der Waals surface area contributed by atoms with Crippen LogP contribution in [0.15, 0.2) is 59.2 Å². The summed E-state index contributed by atoms with van der Waals surface area (Å²) in [5, 5.41) is 3.35. The van der Waals surface area contributed by atoms with Crippen LogP contribution in [0.1, 0.15) is 32.3 Å². The summed E-state index contributed by atoms with van der Waals surface area (Å²) in [5.41, 5.74) is 0.981. The van der Waals surface area contributed by atoms with Crippen molar-refractivity contribution in [3.8, 4) is 23.8 Å². The average Bonchev–Trinajstić information content (AvgIpc) is 3.21. The minimum Gasteiger partial charge on any atom is -0.497 e. The maximum Gasteiger partial charge on any atom is 0.283 e. The lowest BCUT2D eigenvalue weighted by molar-refractivity contribution is -0.120. The molecule has 1 N–H and O–H groups in total. The van der Waals surface area contributed by atoms with Gasteiger partial charge in [0.25, 0.3) is 5.91 Å². The molecule has 0 spiro atoms. The largest absolute Gasteiger partial charge is 0.497 e. The first-order valence-corrected chi connectivity index (χ1v) is 12.2. The molecule has 2 aromatic rings. The number of ether oxygens (including phenoxy) is 2. The Bertz CT molecular complexity index is 1180. The highest BCUT2D eigenvalue weighted by Gasteiger charge is 2.33. The second-order valence-corrected chi connectivity index (χ2v) is 8.75. The first-order chi connectivity index (χ1) is 16.9. The number of rotatable bonds is 9. The van der Waals surface area contributed by atoms with Crippen LogP contribution in [0, 0.1) is 12.3 Å². The van der Waals surface area contributed by atoms with Crippen LogP contribution in [0.5, 0.6) is 11.5 Å². The number of nitrogens with zero attached hydrogens (tertiary/aromatic N) is 2. The molecule has 0 atom stereocenters. The van der Waals surface area contributed by atoms with Crippen LogP contribution in [-0.4, -0.2) is 42.5 Å². The van der Waals surface area contributed by atoms with E-state index in [0.717, 1.165) is 11.3 Å². The lowest BCUT2D eigenvalue weighted by atomic mass is 9.94. The van der Waals surface area contributed by atoms with Gasteiger partial charge in [-0.15, -0.1) is 6.42 Å². The number of aliphatic imine (C=N–C) groups is 1. The summed E-state index contributed by atoms with van der Waals surface area (Å²) in [6.07, 6.45) is 8.63. The predicted molar refractivity (Wildman–Crippen MR) is 142 cm³/mol. The van der Waals surface area contributed by atoms with E-state index in [1.54, 1.807) is 44.6 Å². The molecule has 182 valence electrons. The van der Waals surface area contributed by atoms with Gasteiger partial charge in [0.05, 0.1) is 25.7 Å². The Labute approximate surface area is 210 Å². The number of terminal acetylenes is 1. The van der Waals surface area contributed by atoms with E-state index in [1.165, 1.54) is 16.7 Å². The number of carbonyl (C=O) groups excluding carboxylic acids is 2. The highest BCUT2D eigenvalue weighted by atomic mass is 32.2. The molecule has 0 radical (unpaired) electrons. The normalized spacial score (nSPS) is 14.5. The summed E-state index contributed by atoms with van der Waals surface area (Å²) in [6, 6.07) is 14.5. The Balaban J connectivity index is 1.89. The molecule has 2 amide bonds. The first-order valence-electron chi connectivity index (χ1n) is 11.2. The molecular weight excluding hydrogens is 462 g/mol. The summed E-state index contributed by atoms with van der Waals surface area (Å²) in [7, 11) is 3.16. The summed E-state index contributed by atoms with van der Waals surface area (Å²) in [4.78, 5) is 32.2. The van der Waals surface area contributed by atoms with Crippen molar-refractivity contribution < 1.29 is 19.1 Å². The van der Waals surface area contributed by atoms with Crippen molar-refractivity contribution in [2.45, 2.75) is 32.2 Å². The van der Waals surface area contributed by atoms with E-state index in [1.807, 2.05) is 38.1 Å². The number of hydrogen-bond acceptors (Lipinski definition) is 6. The Morgan fingerprint density at radius 3 is 2.43 bits per heavy atom. The number of amides is 2. The van der Waals surface area contributed by atoms with E-state index < -0.39 is 5.54 Å². The Morgan fingerprint density at radius 1 is 1.14 bits per heavy atom. The van der Waals surface area contributed by atoms with Crippen molar-refractivity contribution in [3.05, 3.63) is 59.8 Å². The fraction of sp³-hybridized carbons (Fsp3) is 0.296. The van der Waals surface area contributed by atoms with Crippen LogP contribution in [0.25, 0.3) is 6.08 Å². The zero-order valence-corrected chi connectivity index (χ0v) is 21.1. The predicted octanol–water partition coefficient (Wildman–Crippen LogP) is 4.49. The third-order valence-electron chi connectivity index (χ3n) is 5.75. The fourth-order valence-electron chi connectivity index (χ4n) is 3.53. The van der Waals surface area contributed by atoms with E-state index in [4.69, 9.17) is 15.9 Å². The summed E-state index contributed by atoms with van der Waals surface area (Å²) < 4.78 is 10.5. The highest BCUT2D eigenvalue weighted by Crippen LogP contribution is 2.31. The van der Waals surface area contributed by atoms with E-state index >= 15 is 0 Å². The van der Waals surface area contributed by atoms with Crippen molar-refractivity contribution in [2.24, 2.45) is 4.99 Å². The molecule has 1 aliphatic heterocycles. The van der Waals surface area contributed by atoms with E-state index in [0.29, 0.717) is 29.4 Å². The number of thioether (sulfide) groups is 1. The van der Waals surface area contributed by atoms with Gasteiger partial charge < -0.3 is 14.8 Å². The van der Waals surface area contributed by atoms with Crippen molar-refractivity contribution >= 4 is 40.5 Å². The number of benzene rings is 2. The average molecular weight is 492 g/mol. The highest BCUT2D eigenvalue weighted by molar-refractivity contribution is 8.14. The van der Waals surface area contributed by atoms with Gasteiger partial charge in [-0.25, -0.2) is 4.99 Å². The molecule has 0 bridgehead atoms. The third-order valence-corrected chi connectivity index (χ3v) is 6.69. The van der Waals surface area contributed by atoms with Gasteiger partial charge in [0.15, 0.2) is 5.17 Å². The topological polar surface area (TPSA) is 80.2 Å². The molecule has 0 fully saturated rings. The number of methoxy groups -OCH3 is 2. The van der Waals surface area contributed by atoms with Crippen LogP contribution >= 0.6 is 11.8 Å². The summed E-state index contributed by atoms with van der Waals surface area (Å²) >= 11 is 1.18. The molecule has 0 unspecified atom stereocenters. The third kappa shape index (κ3) is 6.06. The van der Waals surface area contributed by atoms with Gasteiger partial charge in [0, 0.05) is 6.07 Å². The molecular formula is C27H29N3O4S. The van der Waals surface area contributed by atoms with Gasteiger partial charge in [-0.3, -0.25) is 14.5 Å². The molecule has 0 aliphatic carbocycles. The standard InChI is InChI=1S/C27H29N3O4S/c1-6-27(7-2,8-3)29-24(31)18-35-26-28-23(16-19-12-14-21(33-4)15-13-19)25(32)30(26)20-10-9-11-22(17-20)34-5/h1,9-17H,7-8,18H2,2-5H3,(H,29,31)/b23-16-. The molecule has 1 heterocycles. The summed E-state index contributed by atoms with van der Waals surface area (Å²) in [6.45, 7) is 3.88. The minimum atomic E-state index is -0.684. The van der Waals surface area contributed by atoms with Gasteiger partial charge in [-0.2, -0.15) is 0 Å². The molecule has 0 aromatic heterocycles. The van der Waals surface area contributed by atoms with Crippen molar-refractivity contribution in [3.63, 3.8) is 0 Å². The van der Waals surface area contributed by atoms with Crippen molar-refractivity contribution in [1.82, 2.24) is 5.32 Å². The Morgan fingerprint density at radius 2 is 1.83 bits per heavy atom. The lowest BCUT2D eigenvalue weighted by Crippen LogP contribution is -2.47. The van der Waals surface area contributed by atoms with Gasteiger partial charge >= 0.3 is 0 Å². The monoisotopic (exact) mass is 491 g/mol. The number of hydrogen-bond donors (Lipinski definition) is 1. The molecule has 0 saturated carbocycles. The van der Waals surface area contributed by atoms with Gasteiger partial charge in [0.2, 0.25) is 5.91 Å². The molecule has 35 heavy (non-hydrogen) atoms. The van der Waals surface area contributed by atoms with Crippen LogP contribution < -0.4 is 19.7 Å². The van der Waals surface area contributed by atoms with Gasteiger partial charge in [-0.05, 0) is 48.7 Å². The Hall–Kier alpha value is -3.70. The van der Waals surface area contributed by atoms with E-state index in [2.05, 4.69) is 16.2 Å². The second kappa shape index (κ2) is 11.6. The lowest BCUT2D eigenvalue weighted by Gasteiger charge is -2.27. The zero-order valence-electron chi connectivity index (χ0n) is 20.3. The maximum absolute atomic E-state index is 13.4. The number of nitrogens with one attached hydrogen (secondary N) is 1. The number of anilines is 1. The molecule has 8 heteroatoms. The van der Waals surface area contributed by atoms with Gasteiger partial charge in [-0.1, -0.05) is 49.7 Å². The first kappa shape index (κ1) is 25.9. The Kier molecular flexibility index (Phi) is 8.61. The van der Waals surface area contributed by atoms with Crippen LogP contribution in [0.2, 0.25) is 0 Å². The zero-order chi connectivity index (χ0) is 25.4. The van der Waals surface area contributed by atoms with Crippen molar-refractivity contribution in [2.75, 3.05) is 24.9 Å². The maximum atomic E-state index is 13.4. The molecule has 0 saturated heterocycles. The van der Waals surface area contributed by atoms with Gasteiger partial charge in [0.1, 0.15) is 22.7 Å². The second-order valence-electron chi connectivity index (χ2n) is 7.81. The number of carbonyl (C=O) groups is 2. The van der Waals surface area contributed by atoms with Crippen LogP contribution in [-0.2, 0) is 9.59 Å². The molecule has 2 aromatic carbocycles. The molecule has 7 nitrogen and oxygen atoms in total. The smallest absolute Gasteiger partial charge is 0.283 e. The van der Waals surface area contributed by atoms with E-state index in [9.17, 15) is 9.59 Å².